The molecule has 0 spiro atoms. The molecule has 0 atom stereocenters. The van der Waals surface area contributed by atoms with Gasteiger partial charge in [-0.1, -0.05) is 6.07 Å². The van der Waals surface area contributed by atoms with E-state index in [2.05, 4.69) is 10.5 Å². The number of carboxylic acids is 1. The SMILES string of the molecule is COc1cc(C=NNC(=O)c2cccc(O)c2)ccc1OCc1ccc(C(=O)O)o1. The quantitative estimate of drug-likeness (QED) is 0.384. The molecule has 0 aliphatic heterocycles. The zero-order valence-electron chi connectivity index (χ0n) is 15.9. The summed E-state index contributed by atoms with van der Waals surface area (Å²) in [6.07, 6.45) is 1.43. The fourth-order valence-corrected chi connectivity index (χ4v) is 2.48. The lowest BCUT2D eigenvalue weighted by Crippen LogP contribution is -2.17. The van der Waals surface area contributed by atoms with Gasteiger partial charge in [-0.05, 0) is 54.1 Å². The third-order valence-electron chi connectivity index (χ3n) is 3.92. The number of nitrogens with zero attached hydrogens (tertiary/aromatic N) is 1. The van der Waals surface area contributed by atoms with Gasteiger partial charge >= 0.3 is 5.97 Å². The van der Waals surface area contributed by atoms with Crippen LogP contribution in [-0.2, 0) is 6.61 Å². The van der Waals surface area contributed by atoms with Gasteiger partial charge in [0.1, 0.15) is 18.1 Å². The number of nitrogens with one attached hydrogen (secondary N) is 1. The Morgan fingerprint density at radius 3 is 2.67 bits per heavy atom. The van der Waals surface area contributed by atoms with Crippen molar-refractivity contribution in [2.45, 2.75) is 6.61 Å². The molecule has 9 nitrogen and oxygen atoms in total. The Hall–Kier alpha value is -4.27. The lowest BCUT2D eigenvalue weighted by atomic mass is 10.2. The van der Waals surface area contributed by atoms with Crippen LogP contribution in [0.3, 0.4) is 0 Å². The Morgan fingerprint density at radius 1 is 1.13 bits per heavy atom. The summed E-state index contributed by atoms with van der Waals surface area (Å²) in [6.45, 7) is 0.0249. The van der Waals surface area contributed by atoms with Crippen LogP contribution in [0.2, 0.25) is 0 Å². The van der Waals surface area contributed by atoms with Crippen molar-refractivity contribution in [1.29, 1.82) is 0 Å². The molecule has 1 aromatic heterocycles. The molecular weight excluding hydrogens is 392 g/mol. The minimum Gasteiger partial charge on any atom is -0.508 e. The molecule has 154 valence electrons. The fourth-order valence-electron chi connectivity index (χ4n) is 2.48. The van der Waals surface area contributed by atoms with Crippen molar-refractivity contribution in [3.8, 4) is 17.2 Å². The Bertz CT molecular complexity index is 1090. The van der Waals surface area contributed by atoms with Crippen LogP contribution in [0.5, 0.6) is 17.2 Å². The highest BCUT2D eigenvalue weighted by Crippen LogP contribution is 2.28. The Labute approximate surface area is 171 Å². The van der Waals surface area contributed by atoms with Gasteiger partial charge in [-0.25, -0.2) is 10.2 Å². The highest BCUT2D eigenvalue weighted by molar-refractivity contribution is 5.95. The number of hydrazone groups is 1. The molecule has 0 fully saturated rings. The smallest absolute Gasteiger partial charge is 0.371 e. The first-order chi connectivity index (χ1) is 14.5. The van der Waals surface area contributed by atoms with E-state index in [1.54, 1.807) is 30.3 Å². The van der Waals surface area contributed by atoms with Crippen LogP contribution < -0.4 is 14.9 Å². The highest BCUT2D eigenvalue weighted by Gasteiger charge is 2.11. The molecule has 0 radical (unpaired) electrons. The zero-order valence-corrected chi connectivity index (χ0v) is 15.9. The predicted molar refractivity (Wildman–Crippen MR) is 106 cm³/mol. The van der Waals surface area contributed by atoms with Crippen molar-refractivity contribution in [3.63, 3.8) is 0 Å². The number of benzene rings is 2. The summed E-state index contributed by atoms with van der Waals surface area (Å²) in [5.74, 6) is -0.600. The lowest BCUT2D eigenvalue weighted by Gasteiger charge is -2.10. The first-order valence-electron chi connectivity index (χ1n) is 8.71. The summed E-state index contributed by atoms with van der Waals surface area (Å²) in [4.78, 5) is 22.8. The first kappa shape index (κ1) is 20.5. The van der Waals surface area contributed by atoms with Gasteiger partial charge in [-0.3, -0.25) is 4.79 Å². The Kier molecular flexibility index (Phi) is 6.33. The third-order valence-corrected chi connectivity index (χ3v) is 3.92. The molecule has 0 aliphatic rings. The van der Waals surface area contributed by atoms with Crippen LogP contribution in [0.25, 0.3) is 0 Å². The number of aromatic carboxylic acids is 1. The van der Waals surface area contributed by atoms with Crippen molar-refractivity contribution >= 4 is 18.1 Å². The summed E-state index contributed by atoms with van der Waals surface area (Å²) in [5.41, 5.74) is 3.29. The number of hydrogen-bond donors (Lipinski definition) is 3. The van der Waals surface area contributed by atoms with Crippen molar-refractivity contribution in [2.24, 2.45) is 5.10 Å². The van der Waals surface area contributed by atoms with Gasteiger partial charge in [0.15, 0.2) is 11.5 Å². The van der Waals surface area contributed by atoms with Crippen LogP contribution in [0.1, 0.15) is 32.2 Å². The Balaban J connectivity index is 1.62. The van der Waals surface area contributed by atoms with Crippen molar-refractivity contribution in [1.82, 2.24) is 5.43 Å². The fraction of sp³-hybridized carbons (Fsp3) is 0.0952. The minimum absolute atomic E-state index is 0.0133. The number of carbonyl (C=O) groups excluding carboxylic acids is 1. The second kappa shape index (κ2) is 9.28. The van der Waals surface area contributed by atoms with Crippen LogP contribution in [-0.4, -0.2) is 35.4 Å². The molecule has 9 heteroatoms. The number of ether oxygens (including phenoxy) is 2. The maximum Gasteiger partial charge on any atom is 0.371 e. The molecule has 3 rings (SSSR count). The lowest BCUT2D eigenvalue weighted by molar-refractivity contribution is 0.0657. The van der Waals surface area contributed by atoms with Crippen molar-refractivity contribution in [2.75, 3.05) is 7.11 Å². The van der Waals surface area contributed by atoms with Gasteiger partial charge in [-0.15, -0.1) is 0 Å². The molecule has 0 saturated carbocycles. The van der Waals surface area contributed by atoms with Gasteiger partial charge in [0.25, 0.3) is 5.91 Å². The normalized spacial score (nSPS) is 10.7. The van der Waals surface area contributed by atoms with Gasteiger partial charge in [0.2, 0.25) is 5.76 Å². The molecule has 0 saturated heterocycles. The van der Waals surface area contributed by atoms with E-state index in [4.69, 9.17) is 19.0 Å². The molecule has 0 aliphatic carbocycles. The van der Waals surface area contributed by atoms with Gasteiger partial charge < -0.3 is 24.1 Å². The average Bonchev–Trinajstić information content (AvgIpc) is 3.22. The molecule has 0 bridgehead atoms. The molecular formula is C21H18N2O7. The monoisotopic (exact) mass is 410 g/mol. The standard InChI is InChI=1S/C21H18N2O7/c1-28-19-9-13(11-22-23-20(25)14-3-2-4-15(24)10-14)5-7-17(19)29-12-16-6-8-18(30-16)21(26)27/h2-11,24H,12H2,1H3,(H,23,25)(H,26,27). The number of furan rings is 1. The highest BCUT2D eigenvalue weighted by atomic mass is 16.5. The van der Waals surface area contributed by atoms with E-state index in [0.717, 1.165) is 0 Å². The van der Waals surface area contributed by atoms with Crippen LogP contribution >= 0.6 is 0 Å². The number of methoxy groups -OCH3 is 1. The van der Waals surface area contributed by atoms with Crippen LogP contribution in [0, 0.1) is 0 Å². The van der Waals surface area contributed by atoms with Crippen LogP contribution in [0.15, 0.2) is 64.1 Å². The number of aromatic hydroxyl groups is 1. The van der Waals surface area contributed by atoms with Crippen LogP contribution in [0.4, 0.5) is 0 Å². The number of carboxylic acid groups (broad SMARTS) is 1. The van der Waals surface area contributed by atoms with E-state index in [-0.39, 0.29) is 23.7 Å². The number of phenolic OH excluding ortho intramolecular Hbond substituents is 1. The van der Waals surface area contributed by atoms with E-state index in [1.165, 1.54) is 37.6 Å². The average molecular weight is 410 g/mol. The van der Waals surface area contributed by atoms with E-state index in [1.807, 2.05) is 0 Å². The van der Waals surface area contributed by atoms with Gasteiger partial charge in [-0.2, -0.15) is 5.10 Å². The molecule has 0 unspecified atom stereocenters. The van der Waals surface area contributed by atoms with E-state index in [9.17, 15) is 14.7 Å². The summed E-state index contributed by atoms with van der Waals surface area (Å²) in [7, 11) is 1.47. The number of carbonyl (C=O) groups is 2. The van der Waals surface area contributed by atoms with E-state index < -0.39 is 11.9 Å². The number of phenols is 1. The molecule has 30 heavy (non-hydrogen) atoms. The molecule has 3 aromatic rings. The molecule has 3 N–H and O–H groups in total. The van der Waals surface area contributed by atoms with Crippen molar-refractivity contribution in [3.05, 3.63) is 77.2 Å². The molecule has 1 amide bonds. The van der Waals surface area contributed by atoms with Gasteiger partial charge in [0, 0.05) is 5.56 Å². The van der Waals surface area contributed by atoms with E-state index in [0.29, 0.717) is 22.8 Å². The largest absolute Gasteiger partial charge is 0.508 e. The predicted octanol–water partition coefficient (Wildman–Crippen LogP) is 3.03. The second-order valence-electron chi connectivity index (χ2n) is 6.02. The summed E-state index contributed by atoms with van der Waals surface area (Å²) in [6, 6.07) is 13.8. The topological polar surface area (TPSA) is 131 Å². The van der Waals surface area contributed by atoms with Gasteiger partial charge in [0.05, 0.1) is 13.3 Å². The first-order valence-corrected chi connectivity index (χ1v) is 8.71. The summed E-state index contributed by atoms with van der Waals surface area (Å²) >= 11 is 0. The Morgan fingerprint density at radius 2 is 1.97 bits per heavy atom. The molecule has 2 aromatic carbocycles. The summed E-state index contributed by atoms with van der Waals surface area (Å²) < 4.78 is 16.1. The molecule has 1 heterocycles. The van der Waals surface area contributed by atoms with Crippen molar-refractivity contribution < 1.29 is 33.7 Å². The maximum atomic E-state index is 12.0. The maximum absolute atomic E-state index is 12.0. The zero-order chi connectivity index (χ0) is 21.5. The third kappa shape index (κ3) is 5.16. The second-order valence-corrected chi connectivity index (χ2v) is 6.02. The number of amides is 1. The number of hydrogen-bond acceptors (Lipinski definition) is 7. The number of rotatable bonds is 8. The summed E-state index contributed by atoms with van der Waals surface area (Å²) in [5, 5.41) is 22.2. The van der Waals surface area contributed by atoms with E-state index >= 15 is 0 Å². The minimum atomic E-state index is -1.15.